The third-order valence-electron chi connectivity index (χ3n) is 2.31. The summed E-state index contributed by atoms with van der Waals surface area (Å²) in [6.07, 6.45) is 4.10. The number of tetrazole rings is 1. The first kappa shape index (κ1) is 10.3. The number of nitrogens with zero attached hydrogens (tertiary/aromatic N) is 5. The van der Waals surface area contributed by atoms with Gasteiger partial charge in [0.05, 0.1) is 11.9 Å². The Morgan fingerprint density at radius 2 is 2.20 bits per heavy atom. The van der Waals surface area contributed by atoms with E-state index in [4.69, 9.17) is 11.6 Å². The van der Waals surface area contributed by atoms with E-state index in [0.717, 1.165) is 5.69 Å². The minimum atomic E-state index is 0.0709. The maximum Gasteiger partial charge on any atom is 0.197 e. The lowest BCUT2D eigenvalue weighted by molar-refractivity contribution is 0.581. The summed E-state index contributed by atoms with van der Waals surface area (Å²) in [5.74, 6) is 0.415. The van der Waals surface area contributed by atoms with E-state index in [9.17, 15) is 0 Å². The van der Waals surface area contributed by atoms with Crippen molar-refractivity contribution >= 4 is 17.2 Å². The molecule has 0 saturated carbocycles. The molecule has 0 amide bonds. The highest BCUT2D eigenvalue weighted by Gasteiger charge is 2.13. The summed E-state index contributed by atoms with van der Waals surface area (Å²) < 4.78 is 1.67. The highest BCUT2D eigenvalue weighted by atomic mass is 35.5. The highest BCUT2D eigenvalue weighted by molar-refractivity contribution is 6.20. The summed E-state index contributed by atoms with van der Waals surface area (Å²) in [6.45, 7) is 4.18. The molecule has 0 N–H and O–H groups in total. The SMILES string of the molecule is CC(C)C(Cl)Cc1cncc2nnnn12. The summed E-state index contributed by atoms with van der Waals surface area (Å²) >= 11 is 6.21. The van der Waals surface area contributed by atoms with E-state index in [-0.39, 0.29) is 5.38 Å². The van der Waals surface area contributed by atoms with Crippen molar-refractivity contribution in [2.24, 2.45) is 5.92 Å². The van der Waals surface area contributed by atoms with Crippen molar-refractivity contribution in [3.8, 4) is 0 Å². The number of aromatic nitrogens is 5. The Bertz CT molecular complexity index is 452. The average molecular weight is 226 g/mol. The molecule has 80 valence electrons. The Morgan fingerprint density at radius 3 is 2.93 bits per heavy atom. The van der Waals surface area contributed by atoms with E-state index >= 15 is 0 Å². The molecule has 0 radical (unpaired) electrons. The van der Waals surface area contributed by atoms with E-state index in [1.807, 2.05) is 0 Å². The summed E-state index contributed by atoms with van der Waals surface area (Å²) in [5.41, 5.74) is 1.59. The van der Waals surface area contributed by atoms with Gasteiger partial charge in [-0.3, -0.25) is 4.98 Å². The van der Waals surface area contributed by atoms with Crippen LogP contribution in [0.4, 0.5) is 0 Å². The average Bonchev–Trinajstić information content (AvgIpc) is 2.66. The number of fused-ring (bicyclic) bond motifs is 1. The van der Waals surface area contributed by atoms with Crippen LogP contribution in [0.3, 0.4) is 0 Å². The van der Waals surface area contributed by atoms with Crippen molar-refractivity contribution < 1.29 is 0 Å². The van der Waals surface area contributed by atoms with Crippen molar-refractivity contribution in [1.29, 1.82) is 0 Å². The third-order valence-corrected chi connectivity index (χ3v) is 2.97. The van der Waals surface area contributed by atoms with Crippen molar-refractivity contribution in [1.82, 2.24) is 25.0 Å². The second-order valence-electron chi connectivity index (χ2n) is 3.81. The van der Waals surface area contributed by atoms with Crippen LogP contribution in [0.25, 0.3) is 5.65 Å². The van der Waals surface area contributed by atoms with Crippen LogP contribution in [0.15, 0.2) is 12.4 Å². The minimum absolute atomic E-state index is 0.0709. The maximum absolute atomic E-state index is 6.21. The first-order chi connectivity index (χ1) is 7.18. The lowest BCUT2D eigenvalue weighted by Gasteiger charge is -2.12. The Morgan fingerprint density at radius 1 is 1.40 bits per heavy atom. The van der Waals surface area contributed by atoms with E-state index < -0.39 is 0 Å². The maximum atomic E-state index is 6.21. The van der Waals surface area contributed by atoms with Crippen LogP contribution in [-0.4, -0.2) is 30.4 Å². The van der Waals surface area contributed by atoms with E-state index in [1.54, 1.807) is 16.9 Å². The fourth-order valence-corrected chi connectivity index (χ4v) is 1.46. The molecule has 0 aliphatic rings. The normalized spacial score (nSPS) is 13.6. The lowest BCUT2D eigenvalue weighted by Crippen LogP contribution is -2.14. The van der Waals surface area contributed by atoms with Crippen LogP contribution in [0.2, 0.25) is 0 Å². The zero-order chi connectivity index (χ0) is 10.8. The molecular formula is C9H12ClN5. The molecule has 0 aliphatic carbocycles. The molecule has 5 nitrogen and oxygen atoms in total. The first-order valence-corrected chi connectivity index (χ1v) is 5.27. The van der Waals surface area contributed by atoms with E-state index in [2.05, 4.69) is 34.4 Å². The van der Waals surface area contributed by atoms with Crippen LogP contribution < -0.4 is 0 Å². The minimum Gasteiger partial charge on any atom is -0.259 e. The van der Waals surface area contributed by atoms with Crippen LogP contribution in [-0.2, 0) is 6.42 Å². The number of hydrogen-bond acceptors (Lipinski definition) is 4. The summed E-state index contributed by atoms with van der Waals surface area (Å²) in [7, 11) is 0. The zero-order valence-electron chi connectivity index (χ0n) is 8.63. The van der Waals surface area contributed by atoms with Crippen molar-refractivity contribution in [3.63, 3.8) is 0 Å². The fraction of sp³-hybridized carbons (Fsp3) is 0.556. The van der Waals surface area contributed by atoms with Gasteiger partial charge in [0.1, 0.15) is 0 Å². The molecule has 1 atom stereocenters. The van der Waals surface area contributed by atoms with Crippen molar-refractivity contribution in [2.75, 3.05) is 0 Å². The molecule has 2 rings (SSSR count). The van der Waals surface area contributed by atoms with Gasteiger partial charge in [-0.2, -0.15) is 4.52 Å². The number of alkyl halides is 1. The molecule has 0 bridgehead atoms. The molecule has 0 fully saturated rings. The van der Waals surface area contributed by atoms with Gasteiger partial charge >= 0.3 is 0 Å². The van der Waals surface area contributed by atoms with Crippen LogP contribution in [0.1, 0.15) is 19.5 Å². The third kappa shape index (κ3) is 2.07. The second kappa shape index (κ2) is 4.10. The Hall–Kier alpha value is -1.23. The van der Waals surface area contributed by atoms with Gasteiger partial charge < -0.3 is 0 Å². The predicted octanol–water partition coefficient (Wildman–Crippen LogP) is 1.33. The molecule has 2 aromatic rings. The summed E-state index contributed by atoms with van der Waals surface area (Å²) in [5, 5.41) is 11.4. The van der Waals surface area contributed by atoms with Crippen molar-refractivity contribution in [3.05, 3.63) is 18.1 Å². The van der Waals surface area contributed by atoms with Crippen LogP contribution in [0, 0.1) is 5.92 Å². The van der Waals surface area contributed by atoms with Gasteiger partial charge in [-0.05, 0) is 16.3 Å². The van der Waals surface area contributed by atoms with Gasteiger partial charge in [0.2, 0.25) is 0 Å². The van der Waals surface area contributed by atoms with Gasteiger partial charge in [0.25, 0.3) is 0 Å². The van der Waals surface area contributed by atoms with Gasteiger partial charge in [0.15, 0.2) is 5.65 Å². The number of hydrogen-bond donors (Lipinski definition) is 0. The molecule has 0 spiro atoms. The smallest absolute Gasteiger partial charge is 0.197 e. The summed E-state index contributed by atoms with van der Waals surface area (Å²) in [6, 6.07) is 0. The molecule has 0 aliphatic heterocycles. The molecule has 0 aromatic carbocycles. The summed E-state index contributed by atoms with van der Waals surface area (Å²) in [4.78, 5) is 4.08. The first-order valence-electron chi connectivity index (χ1n) is 4.83. The van der Waals surface area contributed by atoms with Gasteiger partial charge in [-0.25, -0.2) is 0 Å². The highest BCUT2D eigenvalue weighted by Crippen LogP contribution is 2.15. The topological polar surface area (TPSA) is 56.0 Å². The monoisotopic (exact) mass is 225 g/mol. The van der Waals surface area contributed by atoms with Gasteiger partial charge in [-0.1, -0.05) is 13.8 Å². The largest absolute Gasteiger partial charge is 0.259 e. The Balaban J connectivity index is 2.31. The predicted molar refractivity (Wildman–Crippen MR) is 56.8 cm³/mol. The quantitative estimate of drug-likeness (QED) is 0.740. The molecule has 2 aromatic heterocycles. The molecule has 6 heteroatoms. The van der Waals surface area contributed by atoms with Gasteiger partial charge in [0, 0.05) is 18.0 Å². The second-order valence-corrected chi connectivity index (χ2v) is 4.37. The van der Waals surface area contributed by atoms with Gasteiger partial charge in [-0.15, -0.1) is 16.7 Å². The molecular weight excluding hydrogens is 214 g/mol. The Kier molecular flexibility index (Phi) is 2.81. The lowest BCUT2D eigenvalue weighted by atomic mass is 10.1. The van der Waals surface area contributed by atoms with Crippen LogP contribution in [0.5, 0.6) is 0 Å². The number of rotatable bonds is 3. The van der Waals surface area contributed by atoms with Crippen molar-refractivity contribution in [2.45, 2.75) is 25.6 Å². The zero-order valence-corrected chi connectivity index (χ0v) is 9.39. The van der Waals surface area contributed by atoms with E-state index in [1.165, 1.54) is 0 Å². The molecule has 1 unspecified atom stereocenters. The van der Waals surface area contributed by atoms with Crippen LogP contribution >= 0.6 is 11.6 Å². The molecule has 2 heterocycles. The fourth-order valence-electron chi connectivity index (χ4n) is 1.30. The standard InChI is InChI=1S/C9H12ClN5/c1-6(2)8(10)3-7-4-11-5-9-12-13-14-15(7)9/h4-6,8H,3H2,1-2H3. The number of halogens is 1. The molecule has 15 heavy (non-hydrogen) atoms. The van der Waals surface area contributed by atoms with E-state index in [0.29, 0.717) is 18.0 Å². The molecule has 0 saturated heterocycles. The Labute approximate surface area is 92.5 Å².